The molecular weight excluding hydrogens is 454 g/mol. The molecule has 9 heteroatoms. The van der Waals surface area contributed by atoms with Gasteiger partial charge in [0.05, 0.1) is 22.2 Å². The Morgan fingerprint density at radius 3 is 2.53 bits per heavy atom. The maximum absolute atomic E-state index is 13.5. The number of hydrogen-bond donors (Lipinski definition) is 2. The Balaban J connectivity index is 1.76. The maximum atomic E-state index is 13.5. The van der Waals surface area contributed by atoms with Crippen LogP contribution >= 0.6 is 0 Å². The molecule has 8 nitrogen and oxygen atoms in total. The molecule has 0 saturated heterocycles. The van der Waals surface area contributed by atoms with Gasteiger partial charge in [-0.1, -0.05) is 18.2 Å². The number of benzene rings is 2. The van der Waals surface area contributed by atoms with Crippen LogP contribution in [-0.2, 0) is 10.0 Å². The minimum Gasteiger partial charge on any atom is -0.485 e. The Morgan fingerprint density at radius 2 is 1.88 bits per heavy atom. The lowest BCUT2D eigenvalue weighted by molar-refractivity contribution is -0.0628. The highest BCUT2D eigenvalue weighted by molar-refractivity contribution is 7.92. The number of aromatic nitrogens is 1. The lowest BCUT2D eigenvalue weighted by Crippen LogP contribution is -2.53. The smallest absolute Gasteiger partial charge is 0.264 e. The summed E-state index contributed by atoms with van der Waals surface area (Å²) in [4.78, 5) is 16.9. The van der Waals surface area contributed by atoms with E-state index in [2.05, 4.69) is 10.3 Å². The van der Waals surface area contributed by atoms with Crippen molar-refractivity contribution in [3.05, 3.63) is 84.2 Å². The van der Waals surface area contributed by atoms with Crippen LogP contribution in [0.4, 0.5) is 5.69 Å². The summed E-state index contributed by atoms with van der Waals surface area (Å²) in [6.07, 6.45) is 1.85. The molecule has 2 heterocycles. The second-order valence-corrected chi connectivity index (χ2v) is 10.4. The van der Waals surface area contributed by atoms with Crippen LogP contribution in [0.15, 0.2) is 78.0 Å². The number of rotatable bonds is 6. The molecule has 2 aromatic carbocycles. The summed E-state index contributed by atoms with van der Waals surface area (Å²) in [7, 11) is -3.91. The first kappa shape index (κ1) is 23.7. The maximum Gasteiger partial charge on any atom is 0.264 e. The van der Waals surface area contributed by atoms with Crippen LogP contribution in [0, 0.1) is 0 Å². The SMILES string of the molecule is CCN(c1ccccc1)S(=O)(=O)c1ccc2c(c1)C(NC(=O)c1cccnc1)C(O)C(C)(C)O2. The Bertz CT molecular complexity index is 1280. The van der Waals surface area contributed by atoms with Crippen molar-refractivity contribution < 1.29 is 23.1 Å². The highest BCUT2D eigenvalue weighted by Crippen LogP contribution is 2.41. The lowest BCUT2D eigenvalue weighted by Gasteiger charge is -2.42. The number of pyridine rings is 1. The zero-order chi connectivity index (χ0) is 24.5. The van der Waals surface area contributed by atoms with Gasteiger partial charge < -0.3 is 15.2 Å². The van der Waals surface area contributed by atoms with Gasteiger partial charge in [0.1, 0.15) is 17.5 Å². The zero-order valence-electron chi connectivity index (χ0n) is 19.2. The number of carbonyl (C=O) groups is 1. The molecule has 0 aliphatic carbocycles. The first-order valence-corrected chi connectivity index (χ1v) is 12.4. The van der Waals surface area contributed by atoms with E-state index in [0.29, 0.717) is 22.6 Å². The van der Waals surface area contributed by atoms with E-state index in [1.807, 2.05) is 6.07 Å². The van der Waals surface area contributed by atoms with Gasteiger partial charge >= 0.3 is 0 Å². The monoisotopic (exact) mass is 481 g/mol. The van der Waals surface area contributed by atoms with Crippen LogP contribution < -0.4 is 14.4 Å². The molecule has 4 rings (SSSR count). The Morgan fingerprint density at radius 1 is 1.15 bits per heavy atom. The molecule has 3 aromatic rings. The van der Waals surface area contributed by atoms with Gasteiger partial charge in [-0.05, 0) is 63.2 Å². The predicted octanol–water partition coefficient (Wildman–Crippen LogP) is 3.30. The average molecular weight is 482 g/mol. The van der Waals surface area contributed by atoms with Gasteiger partial charge in [0.25, 0.3) is 15.9 Å². The standard InChI is InChI=1S/C25H27N3O5S/c1-4-28(18-10-6-5-7-11-18)34(31,32)19-12-13-21-20(15-19)22(23(29)25(2,3)33-21)27-24(30)17-9-8-14-26-16-17/h5-16,22-23,29H,4H2,1-3H3,(H,27,30). The van der Waals surface area contributed by atoms with Gasteiger partial charge in [-0.15, -0.1) is 0 Å². The quantitative estimate of drug-likeness (QED) is 0.559. The van der Waals surface area contributed by atoms with E-state index in [9.17, 15) is 18.3 Å². The molecule has 0 saturated carbocycles. The molecule has 34 heavy (non-hydrogen) atoms. The summed E-state index contributed by atoms with van der Waals surface area (Å²) in [5.41, 5.74) is 0.237. The molecule has 1 aromatic heterocycles. The Hall–Kier alpha value is -3.43. The number of ether oxygens (including phenoxy) is 1. The summed E-state index contributed by atoms with van der Waals surface area (Å²) >= 11 is 0. The molecule has 0 radical (unpaired) electrons. The minimum absolute atomic E-state index is 0.0353. The van der Waals surface area contributed by atoms with Gasteiger partial charge in [-0.25, -0.2) is 8.42 Å². The summed E-state index contributed by atoms with van der Waals surface area (Å²) in [6.45, 7) is 5.41. The van der Waals surface area contributed by atoms with Crippen LogP contribution in [0.3, 0.4) is 0 Å². The third kappa shape index (κ3) is 4.36. The number of carbonyl (C=O) groups excluding carboxylic acids is 1. The molecule has 1 aliphatic heterocycles. The molecule has 1 aliphatic rings. The fourth-order valence-corrected chi connectivity index (χ4v) is 5.54. The van der Waals surface area contributed by atoms with E-state index in [4.69, 9.17) is 4.74 Å². The van der Waals surface area contributed by atoms with Gasteiger partial charge in [0, 0.05) is 24.5 Å². The van der Waals surface area contributed by atoms with Crippen molar-refractivity contribution in [3.8, 4) is 5.75 Å². The number of aliphatic hydroxyl groups is 1. The van der Waals surface area contributed by atoms with Crippen molar-refractivity contribution in [2.75, 3.05) is 10.8 Å². The number of amides is 1. The van der Waals surface area contributed by atoms with Gasteiger partial charge in [-0.2, -0.15) is 0 Å². The normalized spacial score (nSPS) is 18.9. The average Bonchev–Trinajstić information content (AvgIpc) is 2.83. The van der Waals surface area contributed by atoms with Gasteiger partial charge in [0.15, 0.2) is 0 Å². The number of hydrogen-bond acceptors (Lipinski definition) is 6. The van der Waals surface area contributed by atoms with Crippen molar-refractivity contribution in [1.82, 2.24) is 10.3 Å². The number of nitrogens with zero attached hydrogens (tertiary/aromatic N) is 2. The fraction of sp³-hybridized carbons (Fsp3) is 0.280. The lowest BCUT2D eigenvalue weighted by atomic mass is 9.86. The second-order valence-electron chi connectivity index (χ2n) is 8.55. The Kier molecular flexibility index (Phi) is 6.33. The third-order valence-corrected chi connectivity index (χ3v) is 7.75. The van der Waals surface area contributed by atoms with Crippen molar-refractivity contribution in [3.63, 3.8) is 0 Å². The van der Waals surface area contributed by atoms with E-state index in [0.717, 1.165) is 0 Å². The predicted molar refractivity (Wildman–Crippen MR) is 128 cm³/mol. The summed E-state index contributed by atoms with van der Waals surface area (Å²) in [5.74, 6) is -0.0398. The topological polar surface area (TPSA) is 109 Å². The van der Waals surface area contributed by atoms with Gasteiger partial charge in [-0.3, -0.25) is 14.1 Å². The highest BCUT2D eigenvalue weighted by atomic mass is 32.2. The first-order chi connectivity index (χ1) is 16.1. The number of fused-ring (bicyclic) bond motifs is 1. The summed E-state index contributed by atoms with van der Waals surface area (Å²) < 4.78 is 34.3. The first-order valence-electron chi connectivity index (χ1n) is 10.9. The third-order valence-electron chi connectivity index (χ3n) is 5.85. The largest absolute Gasteiger partial charge is 0.485 e. The van der Waals surface area contributed by atoms with Gasteiger partial charge in [0.2, 0.25) is 0 Å². The molecule has 0 fully saturated rings. The summed E-state index contributed by atoms with van der Waals surface area (Å²) in [6, 6.07) is 15.7. The highest BCUT2D eigenvalue weighted by Gasteiger charge is 2.44. The van der Waals surface area contributed by atoms with E-state index in [1.165, 1.54) is 22.6 Å². The van der Waals surface area contributed by atoms with Crippen LogP contribution in [0.1, 0.15) is 42.7 Å². The zero-order valence-corrected chi connectivity index (χ0v) is 20.0. The van der Waals surface area contributed by atoms with E-state index in [-0.39, 0.29) is 11.4 Å². The number of para-hydroxylation sites is 1. The molecular formula is C25H27N3O5S. The molecule has 0 bridgehead atoms. The molecule has 2 atom stereocenters. The van der Waals surface area contributed by atoms with Crippen LogP contribution in [0.25, 0.3) is 0 Å². The molecule has 2 unspecified atom stereocenters. The van der Waals surface area contributed by atoms with Crippen molar-refractivity contribution in [2.45, 2.75) is 43.4 Å². The number of aliphatic hydroxyl groups excluding tert-OH is 1. The molecule has 0 spiro atoms. The second kappa shape index (κ2) is 9.08. The van der Waals surface area contributed by atoms with Crippen LogP contribution in [0.2, 0.25) is 0 Å². The van der Waals surface area contributed by atoms with Crippen molar-refractivity contribution in [1.29, 1.82) is 0 Å². The van der Waals surface area contributed by atoms with E-state index >= 15 is 0 Å². The number of nitrogens with one attached hydrogen (secondary N) is 1. The van der Waals surface area contributed by atoms with Crippen LogP contribution in [0.5, 0.6) is 5.75 Å². The molecule has 178 valence electrons. The summed E-state index contributed by atoms with van der Waals surface area (Å²) in [5, 5.41) is 13.9. The van der Waals surface area contributed by atoms with Crippen LogP contribution in [-0.4, -0.2) is 42.7 Å². The van der Waals surface area contributed by atoms with Crippen molar-refractivity contribution in [2.24, 2.45) is 0 Å². The fourth-order valence-electron chi connectivity index (χ4n) is 4.03. The van der Waals surface area contributed by atoms with E-state index in [1.54, 1.807) is 69.4 Å². The minimum atomic E-state index is -3.91. The van der Waals surface area contributed by atoms with E-state index < -0.39 is 33.7 Å². The van der Waals surface area contributed by atoms with Crippen molar-refractivity contribution >= 4 is 21.6 Å². The number of anilines is 1. The molecule has 1 amide bonds. The number of sulfonamides is 1. The molecule has 2 N–H and O–H groups in total. The Labute approximate surface area is 199 Å².